The number of nitrogens with two attached hydrogens (primary N) is 1. The number of anilines is 1. The smallest absolute Gasteiger partial charge is 0.257 e. The van der Waals surface area contributed by atoms with Gasteiger partial charge >= 0.3 is 0 Å². The number of aryl methyl sites for hydroxylation is 1. The topological polar surface area (TPSA) is 68.5 Å². The zero-order chi connectivity index (χ0) is 13.0. The molecule has 0 fully saturated rings. The van der Waals surface area contributed by atoms with Gasteiger partial charge in [-0.05, 0) is 19.9 Å². The van der Waals surface area contributed by atoms with E-state index < -0.39 is 0 Å². The zero-order valence-corrected chi connectivity index (χ0v) is 10.7. The van der Waals surface area contributed by atoms with E-state index in [4.69, 9.17) is 10.5 Å². The Kier molecular flexibility index (Phi) is 4.45. The molecule has 0 radical (unpaired) electrons. The van der Waals surface area contributed by atoms with Gasteiger partial charge in [0.2, 0.25) is 0 Å². The van der Waals surface area contributed by atoms with Crippen LogP contribution in [0.25, 0.3) is 0 Å². The van der Waals surface area contributed by atoms with Gasteiger partial charge in [-0.25, -0.2) is 0 Å². The Bertz CT molecular complexity index is 407. The van der Waals surface area contributed by atoms with Gasteiger partial charge in [0.15, 0.2) is 0 Å². The third-order valence-corrected chi connectivity index (χ3v) is 2.69. The Labute approximate surface area is 102 Å². The summed E-state index contributed by atoms with van der Waals surface area (Å²) in [7, 11) is 3.34. The van der Waals surface area contributed by atoms with Crippen LogP contribution in [-0.4, -0.2) is 42.6 Å². The molecular weight excluding hydrogens is 218 g/mol. The number of nitrogens with zero attached hydrogens (tertiary/aromatic N) is 2. The van der Waals surface area contributed by atoms with E-state index in [9.17, 15) is 4.79 Å². The Balaban J connectivity index is 2.88. The molecule has 94 valence electrons. The first-order valence-electron chi connectivity index (χ1n) is 5.45. The van der Waals surface area contributed by atoms with Crippen LogP contribution in [0.15, 0.2) is 12.3 Å². The van der Waals surface area contributed by atoms with Gasteiger partial charge in [0, 0.05) is 31.7 Å². The van der Waals surface area contributed by atoms with Crippen LogP contribution in [0.4, 0.5) is 5.69 Å². The number of rotatable bonds is 4. The number of nitrogen functional groups attached to an aromatic ring is 1. The molecule has 0 spiro atoms. The number of carbonyl (C=O) groups is 1. The first-order valence-corrected chi connectivity index (χ1v) is 5.45. The normalized spacial score (nSPS) is 12.2. The predicted octanol–water partition coefficient (Wildman–Crippen LogP) is 1.08. The lowest BCUT2D eigenvalue weighted by Crippen LogP contribution is -2.38. The van der Waals surface area contributed by atoms with Crippen molar-refractivity contribution in [1.82, 2.24) is 9.88 Å². The molecule has 1 heterocycles. The summed E-state index contributed by atoms with van der Waals surface area (Å²) >= 11 is 0. The molecule has 0 saturated heterocycles. The summed E-state index contributed by atoms with van der Waals surface area (Å²) in [6, 6.07) is 1.69. The number of hydrogen-bond acceptors (Lipinski definition) is 4. The highest BCUT2D eigenvalue weighted by Crippen LogP contribution is 2.14. The molecule has 1 amide bonds. The van der Waals surface area contributed by atoms with Crippen molar-refractivity contribution in [3.63, 3.8) is 0 Å². The van der Waals surface area contributed by atoms with E-state index in [0.717, 1.165) is 5.69 Å². The molecule has 0 aliphatic carbocycles. The van der Waals surface area contributed by atoms with E-state index in [0.29, 0.717) is 17.9 Å². The summed E-state index contributed by atoms with van der Waals surface area (Å²) in [6.45, 7) is 4.24. The van der Waals surface area contributed by atoms with Crippen molar-refractivity contribution in [3.05, 3.63) is 23.5 Å². The van der Waals surface area contributed by atoms with Crippen LogP contribution < -0.4 is 5.73 Å². The second-order valence-corrected chi connectivity index (χ2v) is 4.13. The quantitative estimate of drug-likeness (QED) is 0.850. The minimum atomic E-state index is -0.139. The second-order valence-electron chi connectivity index (χ2n) is 4.13. The van der Waals surface area contributed by atoms with Crippen LogP contribution in [0.5, 0.6) is 0 Å². The maximum absolute atomic E-state index is 12.1. The number of aromatic nitrogens is 1. The van der Waals surface area contributed by atoms with Crippen LogP contribution in [0, 0.1) is 6.92 Å². The fourth-order valence-electron chi connectivity index (χ4n) is 1.50. The number of hydrogen-bond donors (Lipinski definition) is 1. The van der Waals surface area contributed by atoms with E-state index in [1.807, 2.05) is 13.8 Å². The number of likely N-dealkylation sites (N-methyl/N-ethyl adjacent to an activating group) is 1. The average molecular weight is 237 g/mol. The van der Waals surface area contributed by atoms with Gasteiger partial charge < -0.3 is 15.4 Å². The van der Waals surface area contributed by atoms with E-state index >= 15 is 0 Å². The Hall–Kier alpha value is -1.62. The third kappa shape index (κ3) is 3.17. The van der Waals surface area contributed by atoms with E-state index in [1.165, 1.54) is 6.20 Å². The minimum absolute atomic E-state index is 0.00629. The molecule has 0 aliphatic rings. The number of carbonyl (C=O) groups excluding carboxylic acids is 1. The van der Waals surface area contributed by atoms with Crippen molar-refractivity contribution in [2.24, 2.45) is 0 Å². The first-order chi connectivity index (χ1) is 7.97. The van der Waals surface area contributed by atoms with Crippen LogP contribution in [0.1, 0.15) is 23.0 Å². The van der Waals surface area contributed by atoms with Crippen molar-refractivity contribution in [3.8, 4) is 0 Å². The summed E-state index contributed by atoms with van der Waals surface area (Å²) in [5, 5.41) is 0. The number of ether oxygens (including phenoxy) is 1. The lowest BCUT2D eigenvalue weighted by atomic mass is 10.1. The van der Waals surface area contributed by atoms with E-state index in [2.05, 4.69) is 4.98 Å². The summed E-state index contributed by atoms with van der Waals surface area (Å²) in [6.07, 6.45) is 1.52. The zero-order valence-electron chi connectivity index (χ0n) is 10.7. The number of methoxy groups -OCH3 is 1. The first kappa shape index (κ1) is 13.4. The Morgan fingerprint density at radius 2 is 2.29 bits per heavy atom. The number of pyridine rings is 1. The van der Waals surface area contributed by atoms with Crippen molar-refractivity contribution in [2.45, 2.75) is 19.9 Å². The summed E-state index contributed by atoms with van der Waals surface area (Å²) in [4.78, 5) is 17.8. The predicted molar refractivity (Wildman–Crippen MR) is 66.8 cm³/mol. The molecule has 1 unspecified atom stereocenters. The summed E-state index contributed by atoms with van der Waals surface area (Å²) in [5.74, 6) is -0.139. The molecule has 17 heavy (non-hydrogen) atoms. The average Bonchev–Trinajstić information content (AvgIpc) is 2.27. The van der Waals surface area contributed by atoms with Crippen molar-refractivity contribution in [1.29, 1.82) is 0 Å². The highest BCUT2D eigenvalue weighted by molar-refractivity contribution is 5.98. The van der Waals surface area contributed by atoms with Crippen LogP contribution in [-0.2, 0) is 4.74 Å². The van der Waals surface area contributed by atoms with Crippen molar-refractivity contribution in [2.75, 3.05) is 26.5 Å². The third-order valence-electron chi connectivity index (χ3n) is 2.69. The molecular formula is C12H19N3O2. The van der Waals surface area contributed by atoms with Gasteiger partial charge in [-0.2, -0.15) is 0 Å². The molecule has 1 aromatic rings. The van der Waals surface area contributed by atoms with Crippen LogP contribution in [0.2, 0.25) is 0 Å². The Morgan fingerprint density at radius 1 is 1.65 bits per heavy atom. The van der Waals surface area contributed by atoms with E-state index in [1.54, 1.807) is 25.1 Å². The molecule has 0 aliphatic heterocycles. The van der Waals surface area contributed by atoms with Gasteiger partial charge in [0.25, 0.3) is 5.91 Å². The second kappa shape index (κ2) is 5.63. The molecule has 0 aromatic carbocycles. The highest BCUT2D eigenvalue weighted by atomic mass is 16.5. The van der Waals surface area contributed by atoms with Gasteiger partial charge in [-0.3, -0.25) is 9.78 Å². The SMILES string of the molecule is COCC(C)N(C)C(=O)c1cnc(C)cc1N. The van der Waals surface area contributed by atoms with E-state index in [-0.39, 0.29) is 11.9 Å². The monoisotopic (exact) mass is 237 g/mol. The molecule has 5 nitrogen and oxygen atoms in total. The summed E-state index contributed by atoms with van der Waals surface area (Å²) < 4.78 is 5.02. The fourth-order valence-corrected chi connectivity index (χ4v) is 1.50. The minimum Gasteiger partial charge on any atom is -0.398 e. The molecule has 2 N–H and O–H groups in total. The lowest BCUT2D eigenvalue weighted by molar-refractivity contribution is 0.0634. The van der Waals surface area contributed by atoms with Gasteiger partial charge in [-0.15, -0.1) is 0 Å². The van der Waals surface area contributed by atoms with Gasteiger partial charge in [-0.1, -0.05) is 0 Å². The molecule has 0 bridgehead atoms. The van der Waals surface area contributed by atoms with Crippen molar-refractivity contribution < 1.29 is 9.53 Å². The molecule has 0 saturated carbocycles. The molecule has 5 heteroatoms. The van der Waals surface area contributed by atoms with Gasteiger partial charge in [0.1, 0.15) is 0 Å². The number of amides is 1. The lowest BCUT2D eigenvalue weighted by Gasteiger charge is -2.24. The maximum Gasteiger partial charge on any atom is 0.257 e. The van der Waals surface area contributed by atoms with Crippen molar-refractivity contribution >= 4 is 11.6 Å². The molecule has 1 rings (SSSR count). The van der Waals surface area contributed by atoms with Gasteiger partial charge in [0.05, 0.1) is 18.2 Å². The van der Waals surface area contributed by atoms with Crippen LogP contribution >= 0.6 is 0 Å². The molecule has 1 aromatic heterocycles. The van der Waals surface area contributed by atoms with Crippen LogP contribution in [0.3, 0.4) is 0 Å². The fraction of sp³-hybridized carbons (Fsp3) is 0.500. The standard InChI is InChI=1S/C12H19N3O2/c1-8-5-11(13)10(6-14-8)12(16)15(3)9(2)7-17-4/h5-6,9H,7H2,1-4H3,(H2,13,14). The largest absolute Gasteiger partial charge is 0.398 e. The Morgan fingerprint density at radius 3 is 2.82 bits per heavy atom. The summed E-state index contributed by atoms with van der Waals surface area (Å²) in [5.41, 5.74) is 7.50. The highest BCUT2D eigenvalue weighted by Gasteiger charge is 2.19. The maximum atomic E-state index is 12.1. The molecule has 1 atom stereocenters.